The second kappa shape index (κ2) is 7.60. The van der Waals surface area contributed by atoms with Crippen LogP contribution in [-0.4, -0.2) is 22.5 Å². The number of ether oxygens (including phenoxy) is 1. The van der Waals surface area contributed by atoms with Crippen molar-refractivity contribution in [1.82, 2.24) is 9.97 Å². The fourth-order valence-corrected chi connectivity index (χ4v) is 2.31. The first kappa shape index (κ1) is 17.3. The molecule has 0 spiro atoms. The number of nitrogens with zero attached hydrogens (tertiary/aromatic N) is 2. The Morgan fingerprint density at radius 1 is 1.12 bits per heavy atom. The van der Waals surface area contributed by atoms with Gasteiger partial charge in [0.05, 0.1) is 12.2 Å². The van der Waals surface area contributed by atoms with Gasteiger partial charge in [-0.25, -0.2) is 19.2 Å². The highest BCUT2D eigenvalue weighted by atomic mass is 19.1. The van der Waals surface area contributed by atoms with Crippen LogP contribution in [0.1, 0.15) is 17.3 Å². The van der Waals surface area contributed by atoms with Crippen LogP contribution in [0.3, 0.4) is 0 Å². The molecule has 0 aliphatic rings. The summed E-state index contributed by atoms with van der Waals surface area (Å²) >= 11 is 0. The van der Waals surface area contributed by atoms with Gasteiger partial charge in [0, 0.05) is 17.3 Å². The first-order valence-corrected chi connectivity index (χ1v) is 8.00. The van der Waals surface area contributed by atoms with E-state index in [0.717, 1.165) is 5.69 Å². The van der Waals surface area contributed by atoms with Gasteiger partial charge in [0.2, 0.25) is 0 Å². The minimum Gasteiger partial charge on any atom is -0.462 e. The molecule has 0 aliphatic heterocycles. The molecule has 3 aromatic rings. The minimum absolute atomic E-state index is 0.282. The maximum Gasteiger partial charge on any atom is 0.338 e. The lowest BCUT2D eigenvalue weighted by atomic mass is 10.2. The monoisotopic (exact) mass is 352 g/mol. The molecule has 3 N–H and O–H groups in total. The Kier molecular flexibility index (Phi) is 5.07. The Morgan fingerprint density at radius 2 is 1.81 bits per heavy atom. The Hall–Kier alpha value is -3.48. The van der Waals surface area contributed by atoms with Gasteiger partial charge in [-0.1, -0.05) is 0 Å². The molecule has 1 heterocycles. The third kappa shape index (κ3) is 4.13. The molecule has 26 heavy (non-hydrogen) atoms. The number of hydrogen-bond donors (Lipinski definition) is 2. The minimum atomic E-state index is -0.371. The summed E-state index contributed by atoms with van der Waals surface area (Å²) in [7, 11) is 0. The summed E-state index contributed by atoms with van der Waals surface area (Å²) < 4.78 is 18.0. The van der Waals surface area contributed by atoms with Gasteiger partial charge in [-0.3, -0.25) is 0 Å². The van der Waals surface area contributed by atoms with Gasteiger partial charge in [0.1, 0.15) is 17.5 Å². The summed E-state index contributed by atoms with van der Waals surface area (Å²) in [5.41, 5.74) is 7.69. The summed E-state index contributed by atoms with van der Waals surface area (Å²) in [4.78, 5) is 20.3. The molecule has 132 valence electrons. The first-order chi connectivity index (χ1) is 12.5. The fraction of sp³-hybridized carbons (Fsp3) is 0.105. The Morgan fingerprint density at radius 3 is 2.46 bits per heavy atom. The van der Waals surface area contributed by atoms with Crippen molar-refractivity contribution >= 4 is 23.3 Å². The van der Waals surface area contributed by atoms with E-state index in [4.69, 9.17) is 10.5 Å². The number of hydrogen-bond acceptors (Lipinski definition) is 6. The third-order valence-electron chi connectivity index (χ3n) is 3.52. The Bertz CT molecular complexity index is 912. The van der Waals surface area contributed by atoms with Crippen molar-refractivity contribution in [2.45, 2.75) is 6.92 Å². The number of halogens is 1. The summed E-state index contributed by atoms with van der Waals surface area (Å²) in [6, 6.07) is 14.2. The highest BCUT2D eigenvalue weighted by Gasteiger charge is 2.08. The molecule has 2 aromatic carbocycles. The number of anilines is 3. The molecule has 0 saturated carbocycles. The van der Waals surface area contributed by atoms with Gasteiger partial charge < -0.3 is 15.8 Å². The van der Waals surface area contributed by atoms with Crippen molar-refractivity contribution in [3.63, 3.8) is 0 Å². The van der Waals surface area contributed by atoms with Crippen LogP contribution in [0.15, 0.2) is 54.6 Å². The summed E-state index contributed by atoms with van der Waals surface area (Å²) in [5, 5.41) is 3.11. The van der Waals surface area contributed by atoms with Gasteiger partial charge in [-0.05, 0) is 55.5 Å². The Balaban J connectivity index is 1.81. The van der Waals surface area contributed by atoms with Crippen molar-refractivity contribution < 1.29 is 13.9 Å². The van der Waals surface area contributed by atoms with E-state index in [1.807, 2.05) is 0 Å². The molecule has 7 heteroatoms. The van der Waals surface area contributed by atoms with Crippen LogP contribution < -0.4 is 11.1 Å². The van der Waals surface area contributed by atoms with E-state index in [9.17, 15) is 9.18 Å². The number of carbonyl (C=O) groups is 1. The molecule has 0 fully saturated rings. The number of esters is 1. The molecule has 1 aromatic heterocycles. The zero-order valence-corrected chi connectivity index (χ0v) is 14.1. The quantitative estimate of drug-likeness (QED) is 0.679. The number of nitrogens with one attached hydrogen (secondary N) is 1. The van der Waals surface area contributed by atoms with Gasteiger partial charge in [0.15, 0.2) is 5.82 Å². The van der Waals surface area contributed by atoms with Crippen molar-refractivity contribution in [2.24, 2.45) is 0 Å². The normalized spacial score (nSPS) is 10.4. The predicted molar refractivity (Wildman–Crippen MR) is 97.5 cm³/mol. The maximum absolute atomic E-state index is 13.1. The molecule has 6 nitrogen and oxygen atoms in total. The highest BCUT2D eigenvalue weighted by Crippen LogP contribution is 2.22. The molecule has 0 atom stereocenters. The summed E-state index contributed by atoms with van der Waals surface area (Å²) in [5.74, 6) is 0.447. The third-order valence-corrected chi connectivity index (χ3v) is 3.52. The van der Waals surface area contributed by atoms with Crippen molar-refractivity contribution in [3.05, 3.63) is 66.0 Å². The average molecular weight is 352 g/mol. The molecule has 0 amide bonds. The highest BCUT2D eigenvalue weighted by molar-refractivity contribution is 5.89. The second-order valence-electron chi connectivity index (χ2n) is 5.43. The largest absolute Gasteiger partial charge is 0.462 e. The van der Waals surface area contributed by atoms with Crippen LogP contribution in [0.2, 0.25) is 0 Å². The zero-order chi connectivity index (χ0) is 18.5. The van der Waals surface area contributed by atoms with E-state index < -0.39 is 0 Å². The number of nitrogen functional groups attached to an aromatic ring is 1. The molecule has 0 radical (unpaired) electrons. The predicted octanol–water partition coefficient (Wildman–Crippen LogP) is 3.79. The van der Waals surface area contributed by atoms with Gasteiger partial charge in [-0.2, -0.15) is 0 Å². The van der Waals surface area contributed by atoms with Crippen LogP contribution >= 0.6 is 0 Å². The number of benzene rings is 2. The van der Waals surface area contributed by atoms with Crippen LogP contribution in [0.25, 0.3) is 11.4 Å². The van der Waals surface area contributed by atoms with E-state index in [0.29, 0.717) is 29.4 Å². The van der Waals surface area contributed by atoms with Gasteiger partial charge in [-0.15, -0.1) is 0 Å². The van der Waals surface area contributed by atoms with Gasteiger partial charge in [0.25, 0.3) is 0 Å². The fourth-order valence-electron chi connectivity index (χ4n) is 2.31. The number of aromatic nitrogens is 2. The molecule has 0 bridgehead atoms. The summed E-state index contributed by atoms with van der Waals surface area (Å²) in [6.07, 6.45) is 0. The van der Waals surface area contributed by atoms with Crippen molar-refractivity contribution in [2.75, 3.05) is 17.7 Å². The number of nitrogens with two attached hydrogens (primary N) is 1. The van der Waals surface area contributed by atoms with Gasteiger partial charge >= 0.3 is 5.97 Å². The van der Waals surface area contributed by atoms with Crippen LogP contribution in [0.4, 0.5) is 21.7 Å². The molecule has 0 aliphatic carbocycles. The average Bonchev–Trinajstić information content (AvgIpc) is 2.62. The maximum atomic E-state index is 13.1. The topological polar surface area (TPSA) is 90.1 Å². The zero-order valence-electron chi connectivity index (χ0n) is 14.1. The Labute approximate surface area is 149 Å². The van der Waals surface area contributed by atoms with Crippen LogP contribution in [0.5, 0.6) is 0 Å². The van der Waals surface area contributed by atoms with E-state index in [1.165, 1.54) is 12.1 Å². The van der Waals surface area contributed by atoms with Crippen molar-refractivity contribution in [1.29, 1.82) is 0 Å². The van der Waals surface area contributed by atoms with E-state index >= 15 is 0 Å². The molecular formula is C19H17FN4O2. The standard InChI is InChI=1S/C19H17FN4O2/c1-2-26-19(25)13-5-9-15(10-6-13)22-17-11-16(21)23-18(24-17)12-3-7-14(20)8-4-12/h3-11H,2H2,1H3,(H3,21,22,23,24). The van der Waals surface area contributed by atoms with Crippen molar-refractivity contribution in [3.8, 4) is 11.4 Å². The molecule has 0 unspecified atom stereocenters. The lowest BCUT2D eigenvalue weighted by Crippen LogP contribution is -2.05. The van der Waals surface area contributed by atoms with Crippen LogP contribution in [-0.2, 0) is 4.74 Å². The first-order valence-electron chi connectivity index (χ1n) is 8.00. The smallest absolute Gasteiger partial charge is 0.338 e. The molecule has 0 saturated heterocycles. The molecule has 3 rings (SSSR count). The number of rotatable bonds is 5. The number of carbonyl (C=O) groups excluding carboxylic acids is 1. The van der Waals surface area contributed by atoms with E-state index in [1.54, 1.807) is 49.4 Å². The lowest BCUT2D eigenvalue weighted by Gasteiger charge is -2.09. The SMILES string of the molecule is CCOC(=O)c1ccc(Nc2cc(N)nc(-c3ccc(F)cc3)n2)cc1. The van der Waals surface area contributed by atoms with E-state index in [2.05, 4.69) is 15.3 Å². The second-order valence-corrected chi connectivity index (χ2v) is 5.43. The summed E-state index contributed by atoms with van der Waals surface area (Å²) in [6.45, 7) is 2.08. The van der Waals surface area contributed by atoms with E-state index in [-0.39, 0.29) is 17.6 Å². The van der Waals surface area contributed by atoms with Crippen LogP contribution in [0, 0.1) is 5.82 Å². The lowest BCUT2D eigenvalue weighted by molar-refractivity contribution is 0.0526. The molecular weight excluding hydrogens is 335 g/mol.